The van der Waals surface area contributed by atoms with Gasteiger partial charge in [-0.15, -0.1) is 0 Å². The van der Waals surface area contributed by atoms with Crippen molar-refractivity contribution in [3.63, 3.8) is 0 Å². The largest absolute Gasteiger partial charge is 0.385 e. The minimum absolute atomic E-state index is 0.576. The molecule has 0 saturated heterocycles. The Bertz CT molecular complexity index is 312. The van der Waals surface area contributed by atoms with Gasteiger partial charge in [-0.2, -0.15) is 5.26 Å². The molecule has 0 heterocycles. The van der Waals surface area contributed by atoms with Gasteiger partial charge < -0.3 is 5.11 Å². The average molecular weight is 160 g/mol. The first-order valence-corrected chi connectivity index (χ1v) is 3.82. The molecule has 0 spiro atoms. The predicted molar refractivity (Wildman–Crippen MR) is 45.9 cm³/mol. The molecule has 0 aliphatic rings. The molecule has 0 saturated carbocycles. The van der Waals surface area contributed by atoms with Crippen LogP contribution >= 0.6 is 0 Å². The summed E-state index contributed by atoms with van der Waals surface area (Å²) in [5, 5.41) is 17.4. The van der Waals surface area contributed by atoms with Gasteiger partial charge in [-0.05, 0) is 29.7 Å². The van der Waals surface area contributed by atoms with Crippen LogP contribution in [0.25, 0.3) is 0 Å². The zero-order valence-corrected chi connectivity index (χ0v) is 6.91. The lowest BCUT2D eigenvalue weighted by molar-refractivity contribution is 0.414. The predicted octanol–water partition coefficient (Wildman–Crippen LogP) is 2.00. The third kappa shape index (κ3) is 1.63. The second kappa shape index (κ2) is 3.89. The normalized spacial score (nSPS) is 9.42. The lowest BCUT2D eigenvalue weighted by Crippen LogP contribution is -1.91. The first-order valence-electron chi connectivity index (χ1n) is 3.82. The standard InChI is InChI=1S/C10H10NO/c1-2-9-4-3-8(6-11)5-10(9)7-12/h3-5,7,12H,2H2,1H3. The highest BCUT2D eigenvalue weighted by Gasteiger charge is 2.00. The van der Waals surface area contributed by atoms with Gasteiger partial charge >= 0.3 is 0 Å². The van der Waals surface area contributed by atoms with Gasteiger partial charge in [0.25, 0.3) is 0 Å². The number of aryl methyl sites for hydroxylation is 1. The molecule has 1 rings (SSSR count). The highest BCUT2D eigenvalue weighted by molar-refractivity contribution is 5.40. The molecule has 2 heteroatoms. The smallest absolute Gasteiger partial charge is 0.109 e. The van der Waals surface area contributed by atoms with Crippen LogP contribution < -0.4 is 0 Å². The van der Waals surface area contributed by atoms with E-state index in [1.807, 2.05) is 19.1 Å². The number of hydrogen-bond acceptors (Lipinski definition) is 2. The van der Waals surface area contributed by atoms with Crippen molar-refractivity contribution in [1.29, 1.82) is 5.26 Å². The molecule has 0 aliphatic carbocycles. The van der Waals surface area contributed by atoms with Crippen LogP contribution in [0.5, 0.6) is 0 Å². The van der Waals surface area contributed by atoms with Gasteiger partial charge in [-0.1, -0.05) is 13.0 Å². The lowest BCUT2D eigenvalue weighted by atomic mass is 10.0. The number of rotatable bonds is 2. The van der Waals surface area contributed by atoms with E-state index in [2.05, 4.69) is 0 Å². The van der Waals surface area contributed by atoms with E-state index in [-0.39, 0.29) is 0 Å². The molecule has 0 amide bonds. The van der Waals surface area contributed by atoms with Crippen LogP contribution in [0.3, 0.4) is 0 Å². The van der Waals surface area contributed by atoms with Crippen LogP contribution in [0.2, 0.25) is 0 Å². The van der Waals surface area contributed by atoms with Crippen molar-refractivity contribution in [3.8, 4) is 6.07 Å². The molecular formula is C10H10NO. The van der Waals surface area contributed by atoms with Crippen molar-refractivity contribution < 1.29 is 5.11 Å². The van der Waals surface area contributed by atoms with E-state index in [0.717, 1.165) is 24.2 Å². The topological polar surface area (TPSA) is 44.0 Å². The number of nitrogens with zero attached hydrogens (tertiary/aromatic N) is 1. The quantitative estimate of drug-likeness (QED) is 0.719. The van der Waals surface area contributed by atoms with Crippen molar-refractivity contribution in [1.82, 2.24) is 0 Å². The Kier molecular flexibility index (Phi) is 2.84. The summed E-state index contributed by atoms with van der Waals surface area (Å²) in [5.74, 6) is 0. The Labute approximate surface area is 72.1 Å². The van der Waals surface area contributed by atoms with Crippen LogP contribution in [0.4, 0.5) is 0 Å². The monoisotopic (exact) mass is 160 g/mol. The van der Waals surface area contributed by atoms with Gasteiger partial charge in [0.1, 0.15) is 6.61 Å². The van der Waals surface area contributed by atoms with Gasteiger partial charge in [0.05, 0.1) is 11.6 Å². The highest BCUT2D eigenvalue weighted by Crippen LogP contribution is 2.13. The van der Waals surface area contributed by atoms with Crippen LogP contribution in [-0.4, -0.2) is 5.11 Å². The number of benzene rings is 1. The van der Waals surface area contributed by atoms with Crippen molar-refractivity contribution in [2.75, 3.05) is 0 Å². The summed E-state index contributed by atoms with van der Waals surface area (Å²) in [6, 6.07) is 7.32. The van der Waals surface area contributed by atoms with E-state index >= 15 is 0 Å². The first kappa shape index (κ1) is 8.76. The molecule has 1 N–H and O–H groups in total. The maximum Gasteiger partial charge on any atom is 0.109 e. The molecular weight excluding hydrogens is 150 g/mol. The fourth-order valence-corrected chi connectivity index (χ4v) is 1.11. The Morgan fingerprint density at radius 1 is 1.58 bits per heavy atom. The fraction of sp³-hybridized carbons (Fsp3) is 0.200. The molecule has 0 aromatic heterocycles. The SMILES string of the molecule is CCc1ccc(C#N)cc1[CH]O. The molecule has 0 fully saturated rings. The van der Waals surface area contributed by atoms with Gasteiger partial charge in [-0.3, -0.25) is 0 Å². The zero-order valence-electron chi connectivity index (χ0n) is 6.91. The number of aliphatic hydroxyl groups excluding tert-OH is 1. The van der Waals surface area contributed by atoms with E-state index < -0.39 is 0 Å². The Morgan fingerprint density at radius 3 is 2.83 bits per heavy atom. The van der Waals surface area contributed by atoms with E-state index in [1.54, 1.807) is 12.1 Å². The molecule has 0 atom stereocenters. The van der Waals surface area contributed by atoms with Crippen molar-refractivity contribution in [2.24, 2.45) is 0 Å². The summed E-state index contributed by atoms with van der Waals surface area (Å²) in [6.45, 7) is 3.05. The minimum atomic E-state index is 0.576. The van der Waals surface area contributed by atoms with Gasteiger partial charge in [0, 0.05) is 0 Å². The second-order valence-corrected chi connectivity index (χ2v) is 2.51. The Balaban J connectivity index is 3.13. The van der Waals surface area contributed by atoms with E-state index in [4.69, 9.17) is 10.4 Å². The summed E-state index contributed by atoms with van der Waals surface area (Å²) in [5.41, 5.74) is 2.36. The molecule has 61 valence electrons. The van der Waals surface area contributed by atoms with Gasteiger partial charge in [0.15, 0.2) is 0 Å². The maximum absolute atomic E-state index is 8.84. The summed E-state index contributed by atoms with van der Waals surface area (Å²) in [6.07, 6.45) is 0.859. The van der Waals surface area contributed by atoms with Crippen LogP contribution in [0, 0.1) is 17.9 Å². The summed E-state index contributed by atoms with van der Waals surface area (Å²) >= 11 is 0. The molecule has 1 radical (unpaired) electrons. The Hall–Kier alpha value is -1.33. The third-order valence-corrected chi connectivity index (χ3v) is 1.79. The van der Waals surface area contributed by atoms with E-state index in [1.165, 1.54) is 0 Å². The Morgan fingerprint density at radius 2 is 2.33 bits per heavy atom. The third-order valence-electron chi connectivity index (χ3n) is 1.79. The summed E-state index contributed by atoms with van der Waals surface area (Å²) < 4.78 is 0. The first-order chi connectivity index (χ1) is 5.81. The van der Waals surface area contributed by atoms with Gasteiger partial charge in [-0.25, -0.2) is 0 Å². The maximum atomic E-state index is 8.84. The fourth-order valence-electron chi connectivity index (χ4n) is 1.11. The number of nitriles is 1. The molecule has 0 unspecified atom stereocenters. The molecule has 1 aromatic carbocycles. The summed E-state index contributed by atoms with van der Waals surface area (Å²) in [7, 11) is 0. The van der Waals surface area contributed by atoms with Crippen molar-refractivity contribution in [3.05, 3.63) is 41.5 Å². The van der Waals surface area contributed by atoms with Crippen LogP contribution in [-0.2, 0) is 6.42 Å². The van der Waals surface area contributed by atoms with E-state index in [9.17, 15) is 0 Å². The van der Waals surface area contributed by atoms with Gasteiger partial charge in [0.2, 0.25) is 0 Å². The number of aliphatic hydroxyl groups is 1. The highest BCUT2D eigenvalue weighted by atomic mass is 16.3. The number of hydrogen-bond donors (Lipinski definition) is 1. The molecule has 2 nitrogen and oxygen atoms in total. The van der Waals surface area contributed by atoms with Crippen LogP contribution in [0.1, 0.15) is 23.6 Å². The van der Waals surface area contributed by atoms with E-state index in [0.29, 0.717) is 5.56 Å². The lowest BCUT2D eigenvalue weighted by Gasteiger charge is -2.03. The molecule has 0 aliphatic heterocycles. The molecule has 0 bridgehead atoms. The zero-order chi connectivity index (χ0) is 8.97. The minimum Gasteiger partial charge on any atom is -0.385 e. The van der Waals surface area contributed by atoms with Crippen molar-refractivity contribution in [2.45, 2.75) is 13.3 Å². The average Bonchev–Trinajstić information content (AvgIpc) is 2.16. The second-order valence-electron chi connectivity index (χ2n) is 2.51. The molecule has 12 heavy (non-hydrogen) atoms. The summed E-state index contributed by atoms with van der Waals surface area (Å²) in [4.78, 5) is 0. The van der Waals surface area contributed by atoms with Crippen molar-refractivity contribution >= 4 is 0 Å². The van der Waals surface area contributed by atoms with Crippen LogP contribution in [0.15, 0.2) is 18.2 Å². The molecule has 1 aromatic rings.